The molecule has 0 N–H and O–H groups in total. The van der Waals surface area contributed by atoms with Crippen molar-refractivity contribution >= 4 is 76.7 Å². The van der Waals surface area contributed by atoms with E-state index >= 15 is 0 Å². The fourth-order valence-corrected chi connectivity index (χ4v) is 7.35. The number of fused-ring (bicyclic) bond motifs is 7. The van der Waals surface area contributed by atoms with E-state index in [-0.39, 0.29) is 0 Å². The summed E-state index contributed by atoms with van der Waals surface area (Å²) in [6.07, 6.45) is 6.69. The van der Waals surface area contributed by atoms with E-state index in [0.29, 0.717) is 5.95 Å². The lowest BCUT2D eigenvalue weighted by Crippen LogP contribution is -2.05. The van der Waals surface area contributed by atoms with E-state index in [1.54, 1.807) is 11.3 Å². The Morgan fingerprint density at radius 3 is 2.36 bits per heavy atom. The predicted molar refractivity (Wildman–Crippen MR) is 178 cm³/mol. The topological polar surface area (TPSA) is 30.7 Å². The summed E-state index contributed by atoms with van der Waals surface area (Å²) in [6.45, 7) is 0. The molecule has 8 aromatic rings. The highest BCUT2D eigenvalue weighted by molar-refractivity contribution is 7.09. The Labute approximate surface area is 246 Å². The summed E-state index contributed by atoms with van der Waals surface area (Å²) in [5.41, 5.74) is 8.03. The van der Waals surface area contributed by atoms with Crippen LogP contribution in [0.1, 0.15) is 24.1 Å². The zero-order chi connectivity index (χ0) is 27.6. The van der Waals surface area contributed by atoms with Crippen molar-refractivity contribution in [1.29, 1.82) is 0 Å². The summed E-state index contributed by atoms with van der Waals surface area (Å²) in [5, 5.41) is 12.9. The normalized spacial score (nSPS) is 13.8. The number of aromatic nitrogens is 3. The van der Waals surface area contributed by atoms with Gasteiger partial charge in [0.1, 0.15) is 0 Å². The molecular weight excluding hydrogens is 531 g/mol. The van der Waals surface area contributed by atoms with Crippen molar-refractivity contribution in [1.82, 2.24) is 14.5 Å². The van der Waals surface area contributed by atoms with Gasteiger partial charge in [-0.1, -0.05) is 91.0 Å². The lowest BCUT2D eigenvalue weighted by Gasteiger charge is -2.16. The third-order valence-electron chi connectivity index (χ3n) is 8.59. The lowest BCUT2D eigenvalue weighted by atomic mass is 9.91. The number of allylic oxidation sites excluding steroid dienone is 4. The highest BCUT2D eigenvalue weighted by atomic mass is 32.1. The average Bonchev–Trinajstić information content (AvgIpc) is 3.67. The molecule has 0 unspecified atom stereocenters. The minimum Gasteiger partial charge on any atom is -0.278 e. The van der Waals surface area contributed by atoms with E-state index in [2.05, 4.69) is 131 Å². The molecule has 1 aliphatic rings. The molecule has 1 aliphatic carbocycles. The molecule has 0 spiro atoms. The molecule has 42 heavy (non-hydrogen) atoms. The van der Waals surface area contributed by atoms with Crippen LogP contribution in [0, 0.1) is 0 Å². The average molecular weight is 556 g/mol. The van der Waals surface area contributed by atoms with Crippen LogP contribution in [0.4, 0.5) is 0 Å². The van der Waals surface area contributed by atoms with Gasteiger partial charge in [0.15, 0.2) is 0 Å². The molecule has 3 heterocycles. The standard InChI is InChI=1S/C38H25N3S/c1-2-10-26-20-28(17-16-24(26)8-1)27-11-7-12-29(21-27)37-32-22-42-23-33(32)39-38(40-37)41-34-15-6-5-14-31(34)36-30-13-4-3-9-25(30)18-19-35(36)41/h1-6,8-10,12-23H,7,11H2. The number of benzene rings is 5. The smallest absolute Gasteiger partial charge is 0.235 e. The maximum absolute atomic E-state index is 5.34. The van der Waals surface area contributed by atoms with Gasteiger partial charge in [-0.15, -0.1) is 11.3 Å². The van der Waals surface area contributed by atoms with Gasteiger partial charge in [-0.05, 0) is 75.4 Å². The zero-order valence-corrected chi connectivity index (χ0v) is 23.6. The van der Waals surface area contributed by atoms with E-state index in [1.165, 1.54) is 49.0 Å². The Balaban J connectivity index is 1.26. The summed E-state index contributed by atoms with van der Waals surface area (Å²) < 4.78 is 2.25. The van der Waals surface area contributed by atoms with Gasteiger partial charge in [0, 0.05) is 26.9 Å². The van der Waals surface area contributed by atoms with Crippen molar-refractivity contribution < 1.29 is 0 Å². The summed E-state index contributed by atoms with van der Waals surface area (Å²) in [6, 6.07) is 37.0. The molecule has 198 valence electrons. The minimum absolute atomic E-state index is 0.713. The maximum atomic E-state index is 5.34. The van der Waals surface area contributed by atoms with E-state index in [9.17, 15) is 0 Å². The summed E-state index contributed by atoms with van der Waals surface area (Å²) in [5.74, 6) is 0.713. The predicted octanol–water partition coefficient (Wildman–Crippen LogP) is 10.4. The molecule has 0 bridgehead atoms. The number of hydrogen-bond donors (Lipinski definition) is 0. The summed E-state index contributed by atoms with van der Waals surface area (Å²) in [4.78, 5) is 10.5. The highest BCUT2D eigenvalue weighted by Crippen LogP contribution is 2.39. The van der Waals surface area contributed by atoms with Crippen LogP contribution in [0.25, 0.3) is 71.3 Å². The number of rotatable bonds is 3. The third-order valence-corrected chi connectivity index (χ3v) is 9.32. The van der Waals surface area contributed by atoms with E-state index < -0.39 is 0 Å². The van der Waals surface area contributed by atoms with E-state index in [1.807, 2.05) is 0 Å². The molecule has 5 aromatic carbocycles. The van der Waals surface area contributed by atoms with Gasteiger partial charge in [0.05, 0.1) is 22.2 Å². The number of hydrogen-bond acceptors (Lipinski definition) is 3. The van der Waals surface area contributed by atoms with Crippen molar-refractivity contribution in [3.8, 4) is 5.95 Å². The van der Waals surface area contributed by atoms with Crippen molar-refractivity contribution in [3.05, 3.63) is 137 Å². The molecule has 0 fully saturated rings. The van der Waals surface area contributed by atoms with Crippen LogP contribution >= 0.6 is 11.3 Å². The molecule has 0 saturated carbocycles. The Morgan fingerprint density at radius 1 is 0.643 bits per heavy atom. The first-order chi connectivity index (χ1) is 20.8. The van der Waals surface area contributed by atoms with Gasteiger partial charge in [-0.2, -0.15) is 0 Å². The quantitative estimate of drug-likeness (QED) is 0.217. The second kappa shape index (κ2) is 9.23. The fraction of sp³-hybridized carbons (Fsp3) is 0.0526. The summed E-state index contributed by atoms with van der Waals surface area (Å²) in [7, 11) is 0. The lowest BCUT2D eigenvalue weighted by molar-refractivity contribution is 1.000. The molecule has 0 aliphatic heterocycles. The van der Waals surface area contributed by atoms with E-state index in [0.717, 1.165) is 40.5 Å². The SMILES string of the molecule is C1=C(c2ccc3ccccc3c2)CCC=C1c1nc(-n2c3ccccc3c3c4ccccc4ccc32)nc2cscc12. The van der Waals surface area contributed by atoms with Crippen molar-refractivity contribution in [2.75, 3.05) is 0 Å². The molecule has 9 rings (SSSR count). The fourth-order valence-electron chi connectivity index (χ4n) is 6.61. The van der Waals surface area contributed by atoms with Gasteiger partial charge in [0.25, 0.3) is 0 Å². The van der Waals surface area contributed by atoms with Gasteiger partial charge in [-0.25, -0.2) is 9.97 Å². The Kier molecular flexibility index (Phi) is 5.19. The van der Waals surface area contributed by atoms with Gasteiger partial charge in [-0.3, -0.25) is 4.57 Å². The van der Waals surface area contributed by atoms with Crippen LogP contribution in [0.15, 0.2) is 126 Å². The van der Waals surface area contributed by atoms with Crippen LogP contribution in [-0.2, 0) is 0 Å². The molecule has 0 saturated heterocycles. The Morgan fingerprint density at radius 2 is 1.43 bits per heavy atom. The summed E-state index contributed by atoms with van der Waals surface area (Å²) >= 11 is 1.69. The largest absolute Gasteiger partial charge is 0.278 e. The molecule has 0 radical (unpaired) electrons. The van der Waals surface area contributed by atoms with Crippen LogP contribution in [0.2, 0.25) is 0 Å². The van der Waals surface area contributed by atoms with Crippen molar-refractivity contribution in [2.45, 2.75) is 12.8 Å². The van der Waals surface area contributed by atoms with Gasteiger partial charge < -0.3 is 0 Å². The first kappa shape index (κ1) is 23.6. The van der Waals surface area contributed by atoms with E-state index in [4.69, 9.17) is 9.97 Å². The second-order valence-electron chi connectivity index (χ2n) is 11.0. The molecule has 0 amide bonds. The highest BCUT2D eigenvalue weighted by Gasteiger charge is 2.20. The van der Waals surface area contributed by atoms with Crippen LogP contribution in [-0.4, -0.2) is 14.5 Å². The minimum atomic E-state index is 0.713. The first-order valence-electron chi connectivity index (χ1n) is 14.4. The number of thiophene rings is 1. The van der Waals surface area contributed by atoms with Gasteiger partial charge in [0.2, 0.25) is 5.95 Å². The Bertz CT molecular complexity index is 2420. The van der Waals surface area contributed by atoms with Crippen LogP contribution in [0.3, 0.4) is 0 Å². The van der Waals surface area contributed by atoms with Crippen molar-refractivity contribution in [2.24, 2.45) is 0 Å². The van der Waals surface area contributed by atoms with Crippen molar-refractivity contribution in [3.63, 3.8) is 0 Å². The van der Waals surface area contributed by atoms with Crippen LogP contribution in [0.5, 0.6) is 0 Å². The number of nitrogens with zero attached hydrogens (tertiary/aromatic N) is 3. The molecule has 4 heteroatoms. The third kappa shape index (κ3) is 3.59. The molecule has 3 nitrogen and oxygen atoms in total. The zero-order valence-electron chi connectivity index (χ0n) is 22.8. The molecule has 3 aromatic heterocycles. The number of para-hydroxylation sites is 1. The molecule has 0 atom stereocenters. The second-order valence-corrected chi connectivity index (χ2v) is 11.7. The maximum Gasteiger partial charge on any atom is 0.235 e. The Hall–Kier alpha value is -5.06. The van der Waals surface area contributed by atoms with Crippen LogP contribution < -0.4 is 0 Å². The monoisotopic (exact) mass is 555 g/mol. The van der Waals surface area contributed by atoms with Gasteiger partial charge >= 0.3 is 0 Å². The first-order valence-corrected chi connectivity index (χ1v) is 15.3. The molecular formula is C38H25N3S.